The summed E-state index contributed by atoms with van der Waals surface area (Å²) in [6.07, 6.45) is 13.4. The molecule has 3 atom stereocenters. The van der Waals surface area contributed by atoms with E-state index < -0.39 is 29.9 Å². The van der Waals surface area contributed by atoms with Crippen LogP contribution in [0.5, 0.6) is 0 Å². The van der Waals surface area contributed by atoms with E-state index >= 15 is 0 Å². The average molecular weight is 577 g/mol. The van der Waals surface area contributed by atoms with E-state index in [-0.39, 0.29) is 18.7 Å². The number of hydrogen-bond donors (Lipinski definition) is 5. The summed E-state index contributed by atoms with van der Waals surface area (Å²) in [7, 11) is 0. The Balaban J connectivity index is 0.000000343. The Morgan fingerprint density at radius 1 is 1.07 bits per heavy atom. The Hall–Kier alpha value is -4.28. The maximum absolute atomic E-state index is 13.0. The molecule has 5 N–H and O–H groups in total. The van der Waals surface area contributed by atoms with E-state index in [1.54, 1.807) is 6.20 Å². The number of H-pyrrole nitrogens is 2. The summed E-state index contributed by atoms with van der Waals surface area (Å²) >= 11 is 0. The molecule has 0 radical (unpaired) electrons. The normalized spacial score (nSPS) is 18.0. The molecule has 11 heteroatoms. The zero-order valence-electron chi connectivity index (χ0n) is 24.0. The number of carbonyl (C=O) groups is 5. The predicted molar refractivity (Wildman–Crippen MR) is 157 cm³/mol. The molecule has 224 valence electrons. The smallest absolute Gasteiger partial charge is 0.243 e. The fourth-order valence-corrected chi connectivity index (χ4v) is 5.56. The SMILES string of the molecule is CCCC(=O)C1CCCC1.O=C[C@H](Cc1c[nH]c2ccccc12)NC(=O)[C@H](Cc1cnc[nH]1)NC(=O)C1CCC(=O)N1. The Bertz CT molecular complexity index is 1360. The van der Waals surface area contributed by atoms with Crippen LogP contribution in [0.15, 0.2) is 43.0 Å². The molecule has 1 aliphatic heterocycles. The highest BCUT2D eigenvalue weighted by molar-refractivity contribution is 5.94. The molecule has 3 aromatic rings. The van der Waals surface area contributed by atoms with Gasteiger partial charge in [0.25, 0.3) is 0 Å². The zero-order valence-corrected chi connectivity index (χ0v) is 24.0. The predicted octanol–water partition coefficient (Wildman–Crippen LogP) is 2.67. The third-order valence-electron chi connectivity index (χ3n) is 7.84. The third-order valence-corrected chi connectivity index (χ3v) is 7.84. The minimum atomic E-state index is -0.939. The summed E-state index contributed by atoms with van der Waals surface area (Å²) in [5.74, 6) is -0.163. The first-order valence-corrected chi connectivity index (χ1v) is 14.8. The molecule has 0 spiro atoms. The van der Waals surface area contributed by atoms with Crippen molar-refractivity contribution in [1.82, 2.24) is 30.9 Å². The van der Waals surface area contributed by atoms with Crippen molar-refractivity contribution in [3.05, 3.63) is 54.2 Å². The lowest BCUT2D eigenvalue weighted by Gasteiger charge is -2.22. The van der Waals surface area contributed by atoms with Gasteiger partial charge < -0.3 is 30.7 Å². The van der Waals surface area contributed by atoms with Crippen molar-refractivity contribution in [3.63, 3.8) is 0 Å². The summed E-state index contributed by atoms with van der Waals surface area (Å²) in [5, 5.41) is 9.00. The van der Waals surface area contributed by atoms with Crippen molar-refractivity contribution in [2.45, 2.75) is 89.3 Å². The van der Waals surface area contributed by atoms with E-state index in [1.807, 2.05) is 30.5 Å². The number of imidazole rings is 1. The monoisotopic (exact) mass is 576 g/mol. The van der Waals surface area contributed by atoms with Crippen LogP contribution in [0.4, 0.5) is 0 Å². The number of benzene rings is 1. The van der Waals surface area contributed by atoms with E-state index in [2.05, 4.69) is 37.8 Å². The number of nitrogens with zero attached hydrogens (tertiary/aromatic N) is 1. The van der Waals surface area contributed by atoms with Gasteiger partial charge in [-0.1, -0.05) is 38.0 Å². The van der Waals surface area contributed by atoms with Gasteiger partial charge in [0.2, 0.25) is 17.7 Å². The number of rotatable bonds is 12. The standard InChI is InChI=1S/C22H24N6O4.C9H16O/c29-11-15(7-13-9-24-17-4-2-1-3-16(13)17)26-22(32)19(8-14-10-23-12-25-14)28-21(31)18-5-6-20(30)27-18;1-2-5-9(10)8-6-3-4-7-8/h1-4,9-12,15,18-19,24H,5-8H2,(H,23,25)(H,26,32)(H,27,30)(H,28,31);8H,2-7H2,1H3/t15-,18?,19-;/m0./s1. The molecule has 1 aromatic carbocycles. The molecule has 11 nitrogen and oxygen atoms in total. The van der Waals surface area contributed by atoms with Crippen molar-refractivity contribution in [1.29, 1.82) is 0 Å². The number of aldehydes is 1. The third kappa shape index (κ3) is 8.37. The molecule has 0 bridgehead atoms. The van der Waals surface area contributed by atoms with E-state index in [4.69, 9.17) is 0 Å². The van der Waals surface area contributed by atoms with Crippen LogP contribution in [-0.2, 0) is 36.8 Å². The molecular formula is C31H40N6O5. The number of aromatic amines is 2. The van der Waals surface area contributed by atoms with Crippen molar-refractivity contribution < 1.29 is 24.0 Å². The number of ketones is 1. The number of fused-ring (bicyclic) bond motifs is 1. The molecule has 2 fully saturated rings. The second-order valence-electron chi connectivity index (χ2n) is 11.0. The van der Waals surface area contributed by atoms with Crippen LogP contribution >= 0.6 is 0 Å². The van der Waals surface area contributed by atoms with Gasteiger partial charge in [0.15, 0.2) is 0 Å². The van der Waals surface area contributed by atoms with Gasteiger partial charge in [0, 0.05) is 60.6 Å². The van der Waals surface area contributed by atoms with E-state index in [1.165, 1.54) is 32.0 Å². The molecule has 2 aromatic heterocycles. The van der Waals surface area contributed by atoms with Crippen molar-refractivity contribution in [2.24, 2.45) is 5.92 Å². The molecule has 2 aliphatic rings. The lowest BCUT2D eigenvalue weighted by molar-refractivity contribution is -0.131. The number of nitrogens with one attached hydrogen (secondary N) is 5. The fourth-order valence-electron chi connectivity index (χ4n) is 5.56. The Morgan fingerprint density at radius 3 is 2.52 bits per heavy atom. The molecule has 3 heterocycles. The second kappa shape index (κ2) is 15.1. The Morgan fingerprint density at radius 2 is 1.86 bits per heavy atom. The molecule has 1 saturated carbocycles. The van der Waals surface area contributed by atoms with Crippen molar-refractivity contribution in [2.75, 3.05) is 0 Å². The maximum atomic E-state index is 13.0. The second-order valence-corrected chi connectivity index (χ2v) is 11.0. The molecule has 5 rings (SSSR count). The van der Waals surface area contributed by atoms with Gasteiger partial charge in [-0.15, -0.1) is 0 Å². The fraction of sp³-hybridized carbons (Fsp3) is 0.484. The molecule has 42 heavy (non-hydrogen) atoms. The van der Waals surface area contributed by atoms with Crippen molar-refractivity contribution >= 4 is 40.7 Å². The molecule has 3 amide bonds. The average Bonchev–Trinajstić information content (AvgIpc) is 3.81. The Labute approximate surface area is 245 Å². The molecular weight excluding hydrogens is 536 g/mol. The highest BCUT2D eigenvalue weighted by atomic mass is 16.2. The summed E-state index contributed by atoms with van der Waals surface area (Å²) in [5.41, 5.74) is 2.50. The number of hydrogen-bond acceptors (Lipinski definition) is 6. The summed E-state index contributed by atoms with van der Waals surface area (Å²) in [4.78, 5) is 70.0. The molecule has 1 aliphatic carbocycles. The van der Waals surface area contributed by atoms with E-state index in [0.717, 1.165) is 29.3 Å². The van der Waals surface area contributed by atoms with Crippen LogP contribution < -0.4 is 16.0 Å². The Kier molecular flexibility index (Phi) is 11.0. The van der Waals surface area contributed by atoms with Crippen LogP contribution in [0.3, 0.4) is 0 Å². The van der Waals surface area contributed by atoms with Gasteiger partial charge in [-0.05, 0) is 37.3 Å². The summed E-state index contributed by atoms with van der Waals surface area (Å²) < 4.78 is 0. The van der Waals surface area contributed by atoms with Crippen LogP contribution in [0.1, 0.15) is 69.5 Å². The first-order valence-electron chi connectivity index (χ1n) is 14.8. The minimum Gasteiger partial charge on any atom is -0.361 e. The molecule has 1 saturated heterocycles. The van der Waals surface area contributed by atoms with Crippen LogP contribution in [0.25, 0.3) is 10.9 Å². The first-order chi connectivity index (χ1) is 20.4. The number of amides is 3. The van der Waals surface area contributed by atoms with E-state index in [0.29, 0.717) is 36.5 Å². The van der Waals surface area contributed by atoms with Gasteiger partial charge in [-0.25, -0.2) is 4.98 Å². The van der Waals surface area contributed by atoms with Gasteiger partial charge in [-0.2, -0.15) is 0 Å². The lowest BCUT2D eigenvalue weighted by Crippen LogP contribution is -2.54. The van der Waals surface area contributed by atoms with Crippen molar-refractivity contribution in [3.8, 4) is 0 Å². The number of para-hydroxylation sites is 1. The topological polar surface area (TPSA) is 166 Å². The largest absolute Gasteiger partial charge is 0.361 e. The van der Waals surface area contributed by atoms with Crippen LogP contribution in [0, 0.1) is 5.92 Å². The quantitative estimate of drug-likeness (QED) is 0.208. The van der Waals surface area contributed by atoms with E-state index in [9.17, 15) is 24.0 Å². The maximum Gasteiger partial charge on any atom is 0.243 e. The van der Waals surface area contributed by atoms with Gasteiger partial charge in [0.1, 0.15) is 24.2 Å². The summed E-state index contributed by atoms with van der Waals surface area (Å²) in [6, 6.07) is 5.32. The van der Waals surface area contributed by atoms with Crippen LogP contribution in [0.2, 0.25) is 0 Å². The highest BCUT2D eigenvalue weighted by Crippen LogP contribution is 2.26. The minimum absolute atomic E-state index is 0.164. The van der Waals surface area contributed by atoms with Gasteiger partial charge >= 0.3 is 0 Å². The van der Waals surface area contributed by atoms with Crippen LogP contribution in [-0.4, -0.2) is 62.9 Å². The first kappa shape index (κ1) is 30.7. The number of Topliss-reactive ketones (excluding diaryl/α,β-unsaturated/α-hetero) is 1. The number of carbonyl (C=O) groups excluding carboxylic acids is 5. The van der Waals surface area contributed by atoms with Gasteiger partial charge in [-0.3, -0.25) is 19.2 Å². The number of aromatic nitrogens is 3. The van der Waals surface area contributed by atoms with Gasteiger partial charge in [0.05, 0.1) is 12.4 Å². The lowest BCUT2D eigenvalue weighted by atomic mass is 9.99. The molecule has 1 unspecified atom stereocenters. The summed E-state index contributed by atoms with van der Waals surface area (Å²) in [6.45, 7) is 2.08. The zero-order chi connectivity index (χ0) is 29.9. The highest BCUT2D eigenvalue weighted by Gasteiger charge is 2.31.